The Hall–Kier alpha value is -2.24. The molecule has 3 rings (SSSR count). The molecule has 0 saturated carbocycles. The number of carbonyl (C=O) groups is 1. The lowest BCUT2D eigenvalue weighted by Crippen LogP contribution is -2.58. The Morgan fingerprint density at radius 1 is 1.38 bits per heavy atom. The molecule has 0 radical (unpaired) electrons. The number of amides is 1. The Labute approximate surface area is 123 Å². The third-order valence-corrected chi connectivity index (χ3v) is 3.98. The lowest BCUT2D eigenvalue weighted by atomic mass is 9.80. The monoisotopic (exact) mass is 291 g/mol. The predicted molar refractivity (Wildman–Crippen MR) is 80.8 cm³/mol. The normalized spacial score (nSPS) is 22.3. The first kappa shape index (κ1) is 15.2. The maximum Gasteiger partial charge on any atom is 0.278 e. The zero-order chi connectivity index (χ0) is 15.8. The van der Waals surface area contributed by atoms with Crippen molar-refractivity contribution in [1.29, 1.82) is 0 Å². The van der Waals surface area contributed by atoms with Crippen LogP contribution in [-0.4, -0.2) is 33.3 Å². The van der Waals surface area contributed by atoms with E-state index in [1.54, 1.807) is 4.90 Å². The lowest BCUT2D eigenvalue weighted by molar-refractivity contribution is 0.0396. The second kappa shape index (κ2) is 5.27. The first-order valence-electron chi connectivity index (χ1n) is 6.91. The number of aromatic hydroxyl groups is 1. The Kier molecular flexibility index (Phi) is 3.80. The van der Waals surface area contributed by atoms with Gasteiger partial charge in [-0.05, 0) is 18.3 Å². The number of rotatable bonds is 0. The van der Waals surface area contributed by atoms with E-state index in [-0.39, 0.29) is 23.2 Å². The molecule has 2 N–H and O–H groups in total. The maximum absolute atomic E-state index is 12.4. The highest BCUT2D eigenvalue weighted by Crippen LogP contribution is 2.35. The molecule has 1 saturated heterocycles. The number of hydrogen-bond acceptors (Lipinski definition) is 4. The van der Waals surface area contributed by atoms with Crippen molar-refractivity contribution in [2.24, 2.45) is 5.41 Å². The largest absolute Gasteiger partial charge is 0.502 e. The van der Waals surface area contributed by atoms with Gasteiger partial charge in [0.15, 0.2) is 11.4 Å². The number of hydrogen-bond donors (Lipinski definition) is 2. The van der Waals surface area contributed by atoms with Crippen LogP contribution in [0.3, 0.4) is 0 Å². The van der Waals surface area contributed by atoms with Gasteiger partial charge < -0.3 is 15.4 Å². The molecule has 6 nitrogen and oxygen atoms in total. The van der Waals surface area contributed by atoms with Gasteiger partial charge in [-0.1, -0.05) is 13.8 Å². The molecule has 2 aliphatic rings. The van der Waals surface area contributed by atoms with Gasteiger partial charge >= 0.3 is 0 Å². The fraction of sp³-hybridized carbons (Fsp3) is 0.467. The summed E-state index contributed by atoms with van der Waals surface area (Å²) < 4.78 is 1.46. The van der Waals surface area contributed by atoms with Crippen LogP contribution >= 0.6 is 0 Å². The fourth-order valence-corrected chi connectivity index (χ4v) is 2.81. The van der Waals surface area contributed by atoms with Gasteiger partial charge in [-0.3, -0.25) is 14.3 Å². The molecule has 0 aliphatic carbocycles. The van der Waals surface area contributed by atoms with Crippen molar-refractivity contribution in [3.8, 4) is 5.75 Å². The second-order valence-corrected chi connectivity index (χ2v) is 6.01. The third-order valence-electron chi connectivity index (χ3n) is 3.98. The van der Waals surface area contributed by atoms with Crippen LogP contribution in [0.25, 0.3) is 0 Å². The van der Waals surface area contributed by atoms with Gasteiger partial charge in [0.1, 0.15) is 6.17 Å². The topological polar surface area (TPSA) is 74.6 Å². The van der Waals surface area contributed by atoms with Crippen LogP contribution < -0.4 is 10.9 Å². The van der Waals surface area contributed by atoms with E-state index >= 15 is 0 Å². The van der Waals surface area contributed by atoms with E-state index in [0.29, 0.717) is 6.54 Å². The van der Waals surface area contributed by atoms with Crippen molar-refractivity contribution in [3.63, 3.8) is 0 Å². The molecular weight excluding hydrogens is 270 g/mol. The fourth-order valence-electron chi connectivity index (χ4n) is 2.81. The van der Waals surface area contributed by atoms with E-state index < -0.39 is 11.2 Å². The van der Waals surface area contributed by atoms with E-state index in [1.807, 2.05) is 0 Å². The molecule has 0 bridgehead atoms. The molecule has 0 aromatic carbocycles. The van der Waals surface area contributed by atoms with E-state index in [1.165, 1.54) is 16.9 Å². The van der Waals surface area contributed by atoms with E-state index in [2.05, 4.69) is 32.4 Å². The molecule has 1 atom stereocenters. The quantitative estimate of drug-likeness (QED) is 0.710. The van der Waals surface area contributed by atoms with Crippen molar-refractivity contribution >= 4 is 5.91 Å². The third kappa shape index (κ3) is 2.53. The molecule has 114 valence electrons. The highest BCUT2D eigenvalue weighted by Gasteiger charge is 2.41. The van der Waals surface area contributed by atoms with Crippen molar-refractivity contribution in [2.45, 2.75) is 32.9 Å². The summed E-state index contributed by atoms with van der Waals surface area (Å²) in [4.78, 5) is 25.5. The SMILES string of the molecule is C=C.CC1(C)CCN2C(=O)c3c(O)c(=O)ccn3N[C@@H]2C1. The maximum atomic E-state index is 12.4. The summed E-state index contributed by atoms with van der Waals surface area (Å²) in [5.74, 6) is -0.766. The van der Waals surface area contributed by atoms with Gasteiger partial charge in [-0.2, -0.15) is 0 Å². The van der Waals surface area contributed by atoms with Gasteiger partial charge in [0.05, 0.1) is 0 Å². The molecule has 1 amide bonds. The van der Waals surface area contributed by atoms with Crippen molar-refractivity contribution in [2.75, 3.05) is 12.0 Å². The number of nitrogens with one attached hydrogen (secondary N) is 1. The smallest absolute Gasteiger partial charge is 0.278 e. The number of carbonyl (C=O) groups excluding carboxylic acids is 1. The standard InChI is InChI=1S/C13H17N3O3.C2H4/c1-13(2)4-6-15-9(7-13)14-16-5-3-8(17)11(18)10(16)12(15)19;1-2/h3,5,9,14,18H,4,6-7H2,1-2H3;1-2H2/t9-;/m0./s1. The molecule has 0 unspecified atom stereocenters. The number of aromatic nitrogens is 1. The molecule has 21 heavy (non-hydrogen) atoms. The zero-order valence-corrected chi connectivity index (χ0v) is 12.4. The van der Waals surface area contributed by atoms with Crippen molar-refractivity contribution in [1.82, 2.24) is 9.58 Å². The summed E-state index contributed by atoms with van der Waals surface area (Å²) in [5.41, 5.74) is 2.85. The second-order valence-electron chi connectivity index (χ2n) is 6.01. The number of piperidine rings is 1. The van der Waals surface area contributed by atoms with Crippen LogP contribution in [0, 0.1) is 5.41 Å². The van der Waals surface area contributed by atoms with Gasteiger partial charge in [-0.25, -0.2) is 0 Å². The molecule has 1 fully saturated rings. The summed E-state index contributed by atoms with van der Waals surface area (Å²) in [5, 5.41) is 9.79. The summed E-state index contributed by atoms with van der Waals surface area (Å²) in [6, 6.07) is 1.25. The van der Waals surface area contributed by atoms with E-state index in [9.17, 15) is 14.7 Å². The van der Waals surface area contributed by atoms with E-state index in [4.69, 9.17) is 0 Å². The summed E-state index contributed by atoms with van der Waals surface area (Å²) in [6.07, 6.45) is 3.15. The van der Waals surface area contributed by atoms with Crippen LogP contribution in [0.4, 0.5) is 0 Å². The molecule has 0 spiro atoms. The highest BCUT2D eigenvalue weighted by molar-refractivity contribution is 5.96. The lowest BCUT2D eigenvalue weighted by Gasteiger charge is -2.46. The predicted octanol–water partition coefficient (Wildman–Crippen LogP) is 1.50. The first-order chi connectivity index (χ1) is 9.89. The summed E-state index contributed by atoms with van der Waals surface area (Å²) >= 11 is 0. The zero-order valence-electron chi connectivity index (χ0n) is 12.4. The molecule has 1 aromatic rings. The Balaban J connectivity index is 0.000000774. The molecule has 2 aliphatic heterocycles. The Bertz CT molecular complexity index is 621. The Morgan fingerprint density at radius 3 is 2.71 bits per heavy atom. The van der Waals surface area contributed by atoms with E-state index in [0.717, 1.165) is 12.8 Å². The van der Waals surface area contributed by atoms with Gasteiger partial charge in [-0.15, -0.1) is 13.2 Å². The molecular formula is C15H21N3O3. The minimum atomic E-state index is -0.530. The number of pyridine rings is 1. The average Bonchev–Trinajstić information content (AvgIpc) is 2.44. The molecule has 3 heterocycles. The number of fused-ring (bicyclic) bond motifs is 2. The van der Waals surface area contributed by atoms with Crippen molar-refractivity contribution < 1.29 is 9.90 Å². The molecule has 1 aromatic heterocycles. The van der Waals surface area contributed by atoms with Crippen LogP contribution in [0.15, 0.2) is 30.2 Å². The minimum absolute atomic E-state index is 0.0310. The van der Waals surface area contributed by atoms with Crippen LogP contribution in [0.2, 0.25) is 0 Å². The van der Waals surface area contributed by atoms with Gasteiger partial charge in [0.2, 0.25) is 5.43 Å². The Morgan fingerprint density at radius 2 is 2.05 bits per heavy atom. The van der Waals surface area contributed by atoms with Crippen LogP contribution in [0.5, 0.6) is 5.75 Å². The van der Waals surface area contributed by atoms with Crippen molar-refractivity contribution in [3.05, 3.63) is 41.3 Å². The number of nitrogens with zero attached hydrogens (tertiary/aromatic N) is 2. The summed E-state index contributed by atoms with van der Waals surface area (Å²) in [7, 11) is 0. The average molecular weight is 291 g/mol. The van der Waals surface area contributed by atoms with Gasteiger partial charge in [0, 0.05) is 18.8 Å². The van der Waals surface area contributed by atoms with Crippen LogP contribution in [-0.2, 0) is 0 Å². The van der Waals surface area contributed by atoms with Crippen LogP contribution in [0.1, 0.15) is 37.2 Å². The minimum Gasteiger partial charge on any atom is -0.502 e. The summed E-state index contributed by atoms with van der Waals surface area (Å²) in [6.45, 7) is 11.0. The van der Waals surface area contributed by atoms with Gasteiger partial charge in [0.25, 0.3) is 5.91 Å². The highest BCUT2D eigenvalue weighted by atomic mass is 16.3. The molecule has 6 heteroatoms. The first-order valence-corrected chi connectivity index (χ1v) is 6.91.